The largest absolute Gasteiger partial charge is 0.490 e. The quantitative estimate of drug-likeness (QED) is 0.827. The van der Waals surface area contributed by atoms with E-state index in [1.54, 1.807) is 19.5 Å². The molecular weight excluding hydrogens is 230 g/mol. The minimum atomic E-state index is 0.0189. The van der Waals surface area contributed by atoms with E-state index >= 15 is 0 Å². The number of nitrogens with zero attached hydrogens (tertiary/aromatic N) is 3. The maximum absolute atomic E-state index is 5.59. The van der Waals surface area contributed by atoms with Crippen LogP contribution in [0.1, 0.15) is 13.8 Å². The average Bonchev–Trinajstić information content (AvgIpc) is 2.39. The standard InChI is InChI=1S/C13H15N3O2/c1-9(2)18-13-11(17-3)8-15-12(16-13)10-6-4-5-7-14-10/h4-9H,1-3H3. The van der Waals surface area contributed by atoms with Gasteiger partial charge in [-0.2, -0.15) is 4.98 Å². The topological polar surface area (TPSA) is 57.1 Å². The van der Waals surface area contributed by atoms with E-state index in [4.69, 9.17) is 9.47 Å². The van der Waals surface area contributed by atoms with Crippen molar-refractivity contribution in [2.75, 3.05) is 7.11 Å². The summed E-state index contributed by atoms with van der Waals surface area (Å²) in [6, 6.07) is 5.58. The first-order valence-corrected chi connectivity index (χ1v) is 5.70. The molecule has 0 spiro atoms. The predicted molar refractivity (Wildman–Crippen MR) is 67.6 cm³/mol. The molecular formula is C13H15N3O2. The third kappa shape index (κ3) is 2.74. The molecule has 0 atom stereocenters. The highest BCUT2D eigenvalue weighted by Gasteiger charge is 2.12. The van der Waals surface area contributed by atoms with E-state index in [-0.39, 0.29) is 6.10 Å². The van der Waals surface area contributed by atoms with Crippen LogP contribution >= 0.6 is 0 Å². The molecule has 0 aromatic carbocycles. The van der Waals surface area contributed by atoms with Crippen LogP contribution in [0.2, 0.25) is 0 Å². The molecule has 0 fully saturated rings. The van der Waals surface area contributed by atoms with Crippen LogP contribution in [0.25, 0.3) is 11.5 Å². The molecule has 0 unspecified atom stereocenters. The number of ether oxygens (including phenoxy) is 2. The lowest BCUT2D eigenvalue weighted by Crippen LogP contribution is -2.09. The Balaban J connectivity index is 2.39. The lowest BCUT2D eigenvalue weighted by Gasteiger charge is -2.12. The van der Waals surface area contributed by atoms with Crippen LogP contribution in [0.4, 0.5) is 0 Å². The summed E-state index contributed by atoms with van der Waals surface area (Å²) >= 11 is 0. The van der Waals surface area contributed by atoms with E-state index in [1.165, 1.54) is 0 Å². The molecule has 0 aliphatic carbocycles. The van der Waals surface area contributed by atoms with Gasteiger partial charge in [-0.25, -0.2) is 4.98 Å². The van der Waals surface area contributed by atoms with E-state index in [1.807, 2.05) is 32.0 Å². The third-order valence-electron chi connectivity index (χ3n) is 2.18. The lowest BCUT2D eigenvalue weighted by molar-refractivity contribution is 0.219. The monoisotopic (exact) mass is 245 g/mol. The van der Waals surface area contributed by atoms with Crippen molar-refractivity contribution in [2.24, 2.45) is 0 Å². The SMILES string of the molecule is COc1cnc(-c2ccccn2)nc1OC(C)C. The average molecular weight is 245 g/mol. The van der Waals surface area contributed by atoms with Crippen LogP contribution in [0.15, 0.2) is 30.6 Å². The fourth-order valence-corrected chi connectivity index (χ4v) is 1.42. The molecule has 94 valence electrons. The number of methoxy groups -OCH3 is 1. The molecule has 2 aromatic rings. The molecule has 0 aliphatic heterocycles. The van der Waals surface area contributed by atoms with Crippen molar-refractivity contribution >= 4 is 0 Å². The molecule has 0 radical (unpaired) electrons. The van der Waals surface area contributed by atoms with Crippen LogP contribution in [0.3, 0.4) is 0 Å². The van der Waals surface area contributed by atoms with E-state index in [0.29, 0.717) is 23.1 Å². The highest BCUT2D eigenvalue weighted by atomic mass is 16.5. The third-order valence-corrected chi connectivity index (χ3v) is 2.18. The zero-order valence-corrected chi connectivity index (χ0v) is 10.6. The Morgan fingerprint density at radius 2 is 2.00 bits per heavy atom. The summed E-state index contributed by atoms with van der Waals surface area (Å²) in [5.74, 6) is 1.47. The first-order valence-electron chi connectivity index (χ1n) is 5.70. The first kappa shape index (κ1) is 12.3. The zero-order chi connectivity index (χ0) is 13.0. The summed E-state index contributed by atoms with van der Waals surface area (Å²) in [4.78, 5) is 12.7. The molecule has 0 bridgehead atoms. The molecule has 18 heavy (non-hydrogen) atoms. The van der Waals surface area contributed by atoms with Gasteiger partial charge in [0, 0.05) is 6.20 Å². The Labute approximate surface area is 106 Å². The molecule has 2 rings (SSSR count). The molecule has 2 heterocycles. The van der Waals surface area contributed by atoms with Crippen molar-refractivity contribution in [3.63, 3.8) is 0 Å². The summed E-state index contributed by atoms with van der Waals surface area (Å²) in [6.07, 6.45) is 3.31. The summed E-state index contributed by atoms with van der Waals surface area (Å²) in [7, 11) is 1.56. The van der Waals surface area contributed by atoms with Crippen LogP contribution in [0, 0.1) is 0 Å². The highest BCUT2D eigenvalue weighted by molar-refractivity contribution is 5.50. The second-order valence-electron chi connectivity index (χ2n) is 3.95. The van der Waals surface area contributed by atoms with Crippen molar-refractivity contribution < 1.29 is 9.47 Å². The van der Waals surface area contributed by atoms with Crippen molar-refractivity contribution in [1.82, 2.24) is 15.0 Å². The van der Waals surface area contributed by atoms with Crippen molar-refractivity contribution in [3.05, 3.63) is 30.6 Å². The minimum Gasteiger partial charge on any atom is -0.490 e. The Bertz CT molecular complexity index is 515. The Kier molecular flexibility index (Phi) is 3.72. The van der Waals surface area contributed by atoms with Crippen LogP contribution in [0.5, 0.6) is 11.6 Å². The minimum absolute atomic E-state index is 0.0189. The summed E-state index contributed by atoms with van der Waals surface area (Å²) in [5, 5.41) is 0. The molecule has 0 aliphatic rings. The van der Waals surface area contributed by atoms with E-state index in [2.05, 4.69) is 15.0 Å². The number of hydrogen-bond acceptors (Lipinski definition) is 5. The van der Waals surface area contributed by atoms with Gasteiger partial charge in [-0.05, 0) is 26.0 Å². The molecule has 5 nitrogen and oxygen atoms in total. The Hall–Kier alpha value is -2.17. The van der Waals surface area contributed by atoms with Gasteiger partial charge in [0.2, 0.25) is 0 Å². The maximum Gasteiger partial charge on any atom is 0.261 e. The van der Waals surface area contributed by atoms with Gasteiger partial charge in [-0.15, -0.1) is 0 Å². The number of hydrogen-bond donors (Lipinski definition) is 0. The molecule has 0 N–H and O–H groups in total. The lowest BCUT2D eigenvalue weighted by atomic mass is 10.3. The summed E-state index contributed by atoms with van der Waals surface area (Å²) in [5.41, 5.74) is 0.703. The maximum atomic E-state index is 5.59. The van der Waals surface area contributed by atoms with Gasteiger partial charge in [-0.1, -0.05) is 6.07 Å². The van der Waals surface area contributed by atoms with E-state index < -0.39 is 0 Å². The van der Waals surface area contributed by atoms with Crippen molar-refractivity contribution in [2.45, 2.75) is 20.0 Å². The van der Waals surface area contributed by atoms with Crippen LogP contribution in [-0.2, 0) is 0 Å². The fourth-order valence-electron chi connectivity index (χ4n) is 1.42. The van der Waals surface area contributed by atoms with E-state index in [0.717, 1.165) is 0 Å². The molecule has 0 amide bonds. The van der Waals surface area contributed by atoms with Gasteiger partial charge >= 0.3 is 0 Å². The second kappa shape index (κ2) is 5.44. The first-order chi connectivity index (χ1) is 8.70. The van der Waals surface area contributed by atoms with Gasteiger partial charge in [0.25, 0.3) is 5.88 Å². The van der Waals surface area contributed by atoms with Gasteiger partial charge < -0.3 is 9.47 Å². The predicted octanol–water partition coefficient (Wildman–Crippen LogP) is 2.33. The van der Waals surface area contributed by atoms with Crippen molar-refractivity contribution in [3.8, 4) is 23.1 Å². The zero-order valence-electron chi connectivity index (χ0n) is 10.6. The van der Waals surface area contributed by atoms with Gasteiger partial charge in [0.15, 0.2) is 11.6 Å². The number of pyridine rings is 1. The fraction of sp³-hybridized carbons (Fsp3) is 0.308. The summed E-state index contributed by atoms with van der Waals surface area (Å²) < 4.78 is 10.8. The van der Waals surface area contributed by atoms with Crippen LogP contribution < -0.4 is 9.47 Å². The highest BCUT2D eigenvalue weighted by Crippen LogP contribution is 2.26. The molecule has 0 saturated carbocycles. The number of aromatic nitrogens is 3. The van der Waals surface area contributed by atoms with Gasteiger partial charge in [0.1, 0.15) is 5.69 Å². The van der Waals surface area contributed by atoms with Crippen LogP contribution in [-0.4, -0.2) is 28.2 Å². The molecule has 0 saturated heterocycles. The number of rotatable bonds is 4. The van der Waals surface area contributed by atoms with Crippen molar-refractivity contribution in [1.29, 1.82) is 0 Å². The van der Waals surface area contributed by atoms with E-state index in [9.17, 15) is 0 Å². The smallest absolute Gasteiger partial charge is 0.261 e. The normalized spacial score (nSPS) is 10.4. The van der Waals surface area contributed by atoms with Gasteiger partial charge in [-0.3, -0.25) is 4.98 Å². The molecule has 5 heteroatoms. The molecule has 2 aromatic heterocycles. The Morgan fingerprint density at radius 1 is 1.17 bits per heavy atom. The Morgan fingerprint density at radius 3 is 2.61 bits per heavy atom. The van der Waals surface area contributed by atoms with Gasteiger partial charge in [0.05, 0.1) is 19.4 Å². The second-order valence-corrected chi connectivity index (χ2v) is 3.95. The summed E-state index contributed by atoms with van der Waals surface area (Å²) in [6.45, 7) is 3.87.